The van der Waals surface area contributed by atoms with Crippen LogP contribution in [0, 0.1) is 0 Å². The molecule has 0 saturated carbocycles. The van der Waals surface area contributed by atoms with Crippen molar-refractivity contribution in [2.45, 2.75) is 39.5 Å². The van der Waals surface area contributed by atoms with Crippen LogP contribution in [0.4, 0.5) is 0 Å². The van der Waals surface area contributed by atoms with E-state index >= 15 is 0 Å². The van der Waals surface area contributed by atoms with E-state index in [9.17, 15) is 4.79 Å². The van der Waals surface area contributed by atoms with Gasteiger partial charge in [-0.3, -0.25) is 0 Å². The minimum atomic E-state index is -0.263. The second-order valence-electron chi connectivity index (χ2n) is 3.96. The molecule has 17 heavy (non-hydrogen) atoms. The Hall–Kier alpha value is -1.57. The number of allylic oxidation sites excluding steroid dienone is 2. The van der Waals surface area contributed by atoms with Gasteiger partial charge in [-0.25, -0.2) is 4.79 Å². The number of ether oxygens (including phenoxy) is 1. The Morgan fingerprint density at radius 2 is 1.88 bits per heavy atom. The largest absolute Gasteiger partial charge is 0.428 e. The van der Waals surface area contributed by atoms with Crippen LogP contribution in [0.3, 0.4) is 0 Å². The van der Waals surface area contributed by atoms with Crippen LogP contribution in [0.25, 0.3) is 0 Å². The lowest BCUT2D eigenvalue weighted by molar-refractivity contribution is 0.0612. The molecule has 0 aliphatic rings. The molecule has 0 amide bonds. The highest BCUT2D eigenvalue weighted by molar-refractivity contribution is 5.89. The Morgan fingerprint density at radius 3 is 2.47 bits per heavy atom. The molecule has 1 aromatic carbocycles. The van der Waals surface area contributed by atoms with Gasteiger partial charge in [-0.1, -0.05) is 38.5 Å². The van der Waals surface area contributed by atoms with Crippen molar-refractivity contribution in [3.63, 3.8) is 0 Å². The number of carbonyl (C=O) groups is 1. The first-order valence-corrected chi connectivity index (χ1v) is 6.24. The van der Waals surface area contributed by atoms with Gasteiger partial charge < -0.3 is 4.74 Å². The lowest BCUT2D eigenvalue weighted by Gasteiger charge is -2.07. The first-order chi connectivity index (χ1) is 8.27. The SMILES string of the molecule is CCC/C=C(\CCC)OC(=O)c1ccccc1. The van der Waals surface area contributed by atoms with Gasteiger partial charge in [0.2, 0.25) is 0 Å². The monoisotopic (exact) mass is 232 g/mol. The molecule has 0 aromatic heterocycles. The molecule has 0 bridgehead atoms. The van der Waals surface area contributed by atoms with Gasteiger partial charge in [-0.2, -0.15) is 0 Å². The van der Waals surface area contributed by atoms with E-state index in [-0.39, 0.29) is 5.97 Å². The van der Waals surface area contributed by atoms with E-state index < -0.39 is 0 Å². The molecule has 1 rings (SSSR count). The van der Waals surface area contributed by atoms with Crippen LogP contribution in [0.1, 0.15) is 49.9 Å². The lowest BCUT2D eigenvalue weighted by atomic mass is 10.2. The predicted molar refractivity (Wildman–Crippen MR) is 69.8 cm³/mol. The fourth-order valence-corrected chi connectivity index (χ4v) is 1.50. The van der Waals surface area contributed by atoms with Crippen molar-refractivity contribution in [2.24, 2.45) is 0 Å². The van der Waals surface area contributed by atoms with Gasteiger partial charge in [0.15, 0.2) is 0 Å². The highest BCUT2D eigenvalue weighted by Crippen LogP contribution is 2.12. The Bertz CT molecular complexity index is 366. The van der Waals surface area contributed by atoms with Gasteiger partial charge in [0.1, 0.15) is 5.76 Å². The predicted octanol–water partition coefficient (Wildman–Crippen LogP) is 4.33. The molecule has 2 heteroatoms. The van der Waals surface area contributed by atoms with Gasteiger partial charge in [-0.15, -0.1) is 0 Å². The number of esters is 1. The van der Waals surface area contributed by atoms with E-state index in [0.29, 0.717) is 5.56 Å². The summed E-state index contributed by atoms with van der Waals surface area (Å²) in [5, 5.41) is 0. The minimum Gasteiger partial charge on any atom is -0.428 e. The molecule has 2 nitrogen and oxygen atoms in total. The third kappa shape index (κ3) is 4.85. The molecule has 92 valence electrons. The van der Waals surface area contributed by atoms with Gasteiger partial charge in [0.25, 0.3) is 0 Å². The smallest absolute Gasteiger partial charge is 0.343 e. The molecule has 0 radical (unpaired) electrons. The molecule has 0 N–H and O–H groups in total. The molecular weight excluding hydrogens is 212 g/mol. The maximum atomic E-state index is 11.8. The zero-order valence-electron chi connectivity index (χ0n) is 10.6. The second-order valence-corrected chi connectivity index (χ2v) is 3.96. The number of hydrogen-bond donors (Lipinski definition) is 0. The van der Waals surface area contributed by atoms with Crippen LogP contribution < -0.4 is 0 Å². The van der Waals surface area contributed by atoms with Crippen molar-refractivity contribution in [1.29, 1.82) is 0 Å². The third-order valence-corrected chi connectivity index (χ3v) is 2.39. The van der Waals surface area contributed by atoms with Crippen molar-refractivity contribution >= 4 is 5.97 Å². The first-order valence-electron chi connectivity index (χ1n) is 6.24. The van der Waals surface area contributed by atoms with Crippen LogP contribution in [0.2, 0.25) is 0 Å². The Balaban J connectivity index is 2.64. The Morgan fingerprint density at radius 1 is 1.18 bits per heavy atom. The van der Waals surface area contributed by atoms with Gasteiger partial charge in [0.05, 0.1) is 5.56 Å². The lowest BCUT2D eigenvalue weighted by Crippen LogP contribution is -2.05. The number of unbranched alkanes of at least 4 members (excludes halogenated alkanes) is 1. The summed E-state index contributed by atoms with van der Waals surface area (Å²) in [5.74, 6) is 0.532. The average molecular weight is 232 g/mol. The Kier molecular flexibility index (Phi) is 6.08. The Labute approximate surface area is 103 Å². The van der Waals surface area contributed by atoms with E-state index in [4.69, 9.17) is 4.74 Å². The zero-order chi connectivity index (χ0) is 12.5. The molecule has 0 saturated heterocycles. The van der Waals surface area contributed by atoms with E-state index in [0.717, 1.165) is 31.4 Å². The summed E-state index contributed by atoms with van der Waals surface area (Å²) in [6.07, 6.45) is 5.84. The maximum Gasteiger partial charge on any atom is 0.343 e. The summed E-state index contributed by atoms with van der Waals surface area (Å²) in [5.41, 5.74) is 0.603. The van der Waals surface area contributed by atoms with Crippen molar-refractivity contribution in [1.82, 2.24) is 0 Å². The molecule has 0 atom stereocenters. The van der Waals surface area contributed by atoms with E-state index in [1.807, 2.05) is 24.3 Å². The van der Waals surface area contributed by atoms with Crippen molar-refractivity contribution in [3.05, 3.63) is 47.7 Å². The molecule has 1 aromatic rings. The fourth-order valence-electron chi connectivity index (χ4n) is 1.50. The highest BCUT2D eigenvalue weighted by atomic mass is 16.5. The van der Waals surface area contributed by atoms with Gasteiger partial charge in [-0.05, 0) is 31.1 Å². The van der Waals surface area contributed by atoms with Crippen molar-refractivity contribution < 1.29 is 9.53 Å². The molecule has 0 aliphatic carbocycles. The van der Waals surface area contributed by atoms with Crippen LogP contribution >= 0.6 is 0 Å². The minimum absolute atomic E-state index is 0.263. The summed E-state index contributed by atoms with van der Waals surface area (Å²) < 4.78 is 5.40. The molecule has 0 aliphatic heterocycles. The number of carbonyl (C=O) groups excluding carboxylic acids is 1. The fraction of sp³-hybridized carbons (Fsp3) is 0.400. The van der Waals surface area contributed by atoms with E-state index in [1.54, 1.807) is 12.1 Å². The standard InChI is InChI=1S/C15H20O2/c1-3-5-12-14(9-4-2)17-15(16)13-10-7-6-8-11-13/h6-8,10-12H,3-5,9H2,1-2H3/b14-12+. The number of rotatable bonds is 6. The number of hydrogen-bond acceptors (Lipinski definition) is 2. The van der Waals surface area contributed by atoms with Crippen molar-refractivity contribution in [2.75, 3.05) is 0 Å². The molecule has 0 unspecified atom stereocenters. The van der Waals surface area contributed by atoms with Crippen LogP contribution in [0.5, 0.6) is 0 Å². The zero-order valence-corrected chi connectivity index (χ0v) is 10.6. The van der Waals surface area contributed by atoms with Crippen LogP contribution in [-0.4, -0.2) is 5.97 Å². The first kappa shape index (κ1) is 13.5. The highest BCUT2D eigenvalue weighted by Gasteiger charge is 2.08. The summed E-state index contributed by atoms with van der Waals surface area (Å²) >= 11 is 0. The van der Waals surface area contributed by atoms with Gasteiger partial charge >= 0.3 is 5.97 Å². The maximum absolute atomic E-state index is 11.8. The summed E-state index contributed by atoms with van der Waals surface area (Å²) in [7, 11) is 0. The van der Waals surface area contributed by atoms with E-state index in [1.165, 1.54) is 0 Å². The van der Waals surface area contributed by atoms with E-state index in [2.05, 4.69) is 13.8 Å². The van der Waals surface area contributed by atoms with Crippen LogP contribution in [0.15, 0.2) is 42.2 Å². The summed E-state index contributed by atoms with van der Waals surface area (Å²) in [6.45, 7) is 4.19. The number of benzene rings is 1. The molecule has 0 heterocycles. The summed E-state index contributed by atoms with van der Waals surface area (Å²) in [4.78, 5) is 11.8. The second kappa shape index (κ2) is 7.66. The molecular formula is C15H20O2. The normalized spacial score (nSPS) is 11.3. The van der Waals surface area contributed by atoms with Crippen molar-refractivity contribution in [3.8, 4) is 0 Å². The molecule has 0 fully saturated rings. The quantitative estimate of drug-likeness (QED) is 0.539. The summed E-state index contributed by atoms with van der Waals surface area (Å²) in [6, 6.07) is 9.10. The average Bonchev–Trinajstić information content (AvgIpc) is 2.37. The molecule has 0 spiro atoms. The topological polar surface area (TPSA) is 26.3 Å². The third-order valence-electron chi connectivity index (χ3n) is 2.39. The van der Waals surface area contributed by atoms with Crippen LogP contribution in [-0.2, 0) is 4.74 Å². The van der Waals surface area contributed by atoms with Gasteiger partial charge in [0, 0.05) is 6.42 Å².